The molecule has 0 saturated carbocycles. The molecule has 3 aromatic rings. The number of aryl methyl sites for hydroxylation is 2. The Morgan fingerprint density at radius 1 is 1.12 bits per heavy atom. The third-order valence-electron chi connectivity index (χ3n) is 5.15. The highest BCUT2D eigenvalue weighted by molar-refractivity contribution is 6.14. The minimum atomic E-state index is -0.673. The number of aromatic amines is 1. The lowest BCUT2D eigenvalue weighted by Crippen LogP contribution is -2.43. The summed E-state index contributed by atoms with van der Waals surface area (Å²) < 4.78 is 1.32. The van der Waals surface area contributed by atoms with Gasteiger partial charge in [-0.1, -0.05) is 39.3 Å². The maximum atomic E-state index is 13.9. The van der Waals surface area contributed by atoms with E-state index in [1.54, 1.807) is 6.07 Å². The van der Waals surface area contributed by atoms with Crippen LogP contribution in [0.5, 0.6) is 0 Å². The fourth-order valence-electron chi connectivity index (χ4n) is 3.82. The summed E-state index contributed by atoms with van der Waals surface area (Å²) >= 11 is 0. The first-order chi connectivity index (χ1) is 15.0. The van der Waals surface area contributed by atoms with Crippen LogP contribution in [0.3, 0.4) is 0 Å². The number of nitrogens with zero attached hydrogens (tertiary/aromatic N) is 3. The predicted octanol–water partition coefficient (Wildman–Crippen LogP) is 3.24. The van der Waals surface area contributed by atoms with Crippen LogP contribution >= 0.6 is 0 Å². The fraction of sp³-hybridized carbons (Fsp3) is 0.417. The number of nitrogens with two attached hydrogens (primary N) is 1. The quantitative estimate of drug-likeness (QED) is 0.614. The number of H-pyrrole nitrogens is 1. The number of amides is 1. The Morgan fingerprint density at radius 2 is 1.81 bits per heavy atom. The van der Waals surface area contributed by atoms with Crippen molar-refractivity contribution >= 4 is 28.3 Å². The van der Waals surface area contributed by atoms with Crippen molar-refractivity contribution in [1.29, 1.82) is 0 Å². The van der Waals surface area contributed by atoms with Crippen molar-refractivity contribution < 1.29 is 4.79 Å². The lowest BCUT2D eigenvalue weighted by Gasteiger charge is -2.27. The Bertz CT molecular complexity index is 1290. The molecule has 8 heteroatoms. The molecular weight excluding hydrogens is 406 g/mol. The number of rotatable bonds is 6. The van der Waals surface area contributed by atoms with Crippen LogP contribution in [0.2, 0.25) is 0 Å². The first-order valence-corrected chi connectivity index (χ1v) is 10.8. The van der Waals surface area contributed by atoms with E-state index in [9.17, 15) is 14.4 Å². The van der Waals surface area contributed by atoms with Crippen molar-refractivity contribution in [2.75, 3.05) is 17.2 Å². The van der Waals surface area contributed by atoms with E-state index < -0.39 is 11.2 Å². The van der Waals surface area contributed by atoms with Gasteiger partial charge in [-0.3, -0.25) is 24.1 Å². The molecule has 0 spiro atoms. The Kier molecular flexibility index (Phi) is 6.52. The van der Waals surface area contributed by atoms with E-state index in [0.717, 1.165) is 5.56 Å². The normalized spacial score (nSPS) is 11.5. The van der Waals surface area contributed by atoms with Crippen LogP contribution in [0.25, 0.3) is 10.9 Å². The van der Waals surface area contributed by atoms with Gasteiger partial charge in [0.25, 0.3) is 11.5 Å². The SMILES string of the molecule is Cc1ccc2nc(C)cc(C(=O)N(CC(C)C)c3c(N)n(CC(C)C)c(=O)[nH]c3=O)c2c1. The molecule has 1 amide bonds. The third-order valence-corrected chi connectivity index (χ3v) is 5.15. The summed E-state index contributed by atoms with van der Waals surface area (Å²) in [6.45, 7) is 12.2. The summed E-state index contributed by atoms with van der Waals surface area (Å²) in [7, 11) is 0. The van der Waals surface area contributed by atoms with Crippen LogP contribution < -0.4 is 21.9 Å². The van der Waals surface area contributed by atoms with Gasteiger partial charge < -0.3 is 10.6 Å². The topological polar surface area (TPSA) is 114 Å². The lowest BCUT2D eigenvalue weighted by molar-refractivity contribution is 0.0985. The summed E-state index contributed by atoms with van der Waals surface area (Å²) in [5.41, 5.74) is 7.91. The number of nitrogens with one attached hydrogen (secondary N) is 1. The van der Waals surface area contributed by atoms with Crippen LogP contribution in [-0.4, -0.2) is 27.0 Å². The maximum absolute atomic E-state index is 13.9. The number of anilines is 2. The van der Waals surface area contributed by atoms with E-state index in [2.05, 4.69) is 9.97 Å². The van der Waals surface area contributed by atoms with Gasteiger partial charge in [-0.15, -0.1) is 0 Å². The Labute approximate surface area is 187 Å². The number of hydrogen-bond donors (Lipinski definition) is 2. The summed E-state index contributed by atoms with van der Waals surface area (Å²) in [6.07, 6.45) is 0. The molecule has 1 aromatic carbocycles. The molecule has 0 fully saturated rings. The molecule has 32 heavy (non-hydrogen) atoms. The van der Waals surface area contributed by atoms with Gasteiger partial charge in [0.05, 0.1) is 11.1 Å². The summed E-state index contributed by atoms with van der Waals surface area (Å²) in [6, 6.07) is 7.46. The van der Waals surface area contributed by atoms with E-state index in [1.807, 2.05) is 59.7 Å². The second-order valence-corrected chi connectivity index (χ2v) is 9.14. The van der Waals surface area contributed by atoms with Crippen molar-refractivity contribution in [3.05, 3.63) is 61.9 Å². The average molecular weight is 438 g/mol. The molecule has 8 nitrogen and oxygen atoms in total. The van der Waals surface area contributed by atoms with E-state index in [1.165, 1.54) is 9.47 Å². The third kappa shape index (κ3) is 4.59. The molecule has 0 saturated heterocycles. The largest absolute Gasteiger partial charge is 0.383 e. The van der Waals surface area contributed by atoms with E-state index in [4.69, 9.17) is 5.73 Å². The molecular formula is C24H31N5O3. The average Bonchev–Trinajstić information content (AvgIpc) is 2.69. The van der Waals surface area contributed by atoms with Gasteiger partial charge >= 0.3 is 5.69 Å². The molecule has 2 aromatic heterocycles. The highest BCUT2D eigenvalue weighted by atomic mass is 16.2. The number of fused-ring (bicyclic) bond motifs is 1. The van der Waals surface area contributed by atoms with Crippen LogP contribution in [-0.2, 0) is 6.54 Å². The number of pyridine rings is 1. The predicted molar refractivity (Wildman–Crippen MR) is 128 cm³/mol. The van der Waals surface area contributed by atoms with Gasteiger partial charge in [-0.25, -0.2) is 4.79 Å². The highest BCUT2D eigenvalue weighted by Crippen LogP contribution is 2.26. The Hall–Kier alpha value is -3.42. The van der Waals surface area contributed by atoms with Gasteiger partial charge in [0.1, 0.15) is 5.82 Å². The number of benzene rings is 1. The Morgan fingerprint density at radius 3 is 2.44 bits per heavy atom. The fourth-order valence-corrected chi connectivity index (χ4v) is 3.82. The molecule has 0 bridgehead atoms. The standard InChI is InChI=1S/C24H31N5O3/c1-13(2)11-28(20-21(25)29(12-14(3)4)24(32)27-22(20)30)23(31)18-10-16(6)26-19-8-7-15(5)9-17(18)19/h7-10,13-14H,11-12,25H2,1-6H3,(H,27,30,32). The number of carbonyl (C=O) groups excluding carboxylic acids is 1. The van der Waals surface area contributed by atoms with Gasteiger partial charge in [0.15, 0.2) is 5.69 Å². The zero-order chi connectivity index (χ0) is 23.7. The van der Waals surface area contributed by atoms with Gasteiger partial charge in [-0.05, 0) is 43.9 Å². The number of carbonyl (C=O) groups is 1. The molecule has 0 aliphatic heterocycles. The van der Waals surface area contributed by atoms with Crippen molar-refractivity contribution in [1.82, 2.24) is 14.5 Å². The van der Waals surface area contributed by atoms with E-state index in [-0.39, 0.29) is 35.8 Å². The first-order valence-electron chi connectivity index (χ1n) is 10.8. The van der Waals surface area contributed by atoms with Crippen molar-refractivity contribution in [3.8, 4) is 0 Å². The molecule has 0 atom stereocenters. The first kappa shape index (κ1) is 23.2. The molecule has 3 N–H and O–H groups in total. The second kappa shape index (κ2) is 8.98. The van der Waals surface area contributed by atoms with Crippen LogP contribution in [0.15, 0.2) is 33.9 Å². The van der Waals surface area contributed by atoms with Crippen molar-refractivity contribution in [2.24, 2.45) is 11.8 Å². The molecule has 0 aliphatic rings. The zero-order valence-electron chi connectivity index (χ0n) is 19.5. The van der Waals surface area contributed by atoms with E-state index >= 15 is 0 Å². The lowest BCUT2D eigenvalue weighted by atomic mass is 10.0. The molecule has 0 unspecified atom stereocenters. The molecule has 3 rings (SSSR count). The number of hydrogen-bond acceptors (Lipinski definition) is 5. The number of nitrogen functional groups attached to an aromatic ring is 1. The van der Waals surface area contributed by atoms with Gasteiger partial charge in [0.2, 0.25) is 0 Å². The smallest absolute Gasteiger partial charge is 0.330 e. The molecule has 0 aliphatic carbocycles. The maximum Gasteiger partial charge on any atom is 0.330 e. The number of aromatic nitrogens is 3. The second-order valence-electron chi connectivity index (χ2n) is 9.14. The van der Waals surface area contributed by atoms with Gasteiger partial charge in [-0.2, -0.15) is 0 Å². The molecule has 170 valence electrons. The minimum Gasteiger partial charge on any atom is -0.383 e. The van der Waals surface area contributed by atoms with Crippen molar-refractivity contribution in [3.63, 3.8) is 0 Å². The summed E-state index contributed by atoms with van der Waals surface area (Å²) in [5, 5.41) is 0.708. The monoisotopic (exact) mass is 437 g/mol. The van der Waals surface area contributed by atoms with Crippen LogP contribution in [0.4, 0.5) is 11.5 Å². The minimum absolute atomic E-state index is 0.000724. The van der Waals surface area contributed by atoms with Crippen LogP contribution in [0.1, 0.15) is 49.3 Å². The summed E-state index contributed by atoms with van der Waals surface area (Å²) in [5.74, 6) is -0.184. The molecule has 2 heterocycles. The van der Waals surface area contributed by atoms with Crippen LogP contribution in [0, 0.1) is 25.7 Å². The Balaban J connectivity index is 2.27. The highest BCUT2D eigenvalue weighted by Gasteiger charge is 2.27. The van der Waals surface area contributed by atoms with Crippen molar-refractivity contribution in [2.45, 2.75) is 48.1 Å². The summed E-state index contributed by atoms with van der Waals surface area (Å²) in [4.78, 5) is 47.4. The van der Waals surface area contributed by atoms with Gasteiger partial charge in [0, 0.05) is 24.2 Å². The van der Waals surface area contributed by atoms with E-state index in [0.29, 0.717) is 28.7 Å². The zero-order valence-corrected chi connectivity index (χ0v) is 19.5. The molecule has 0 radical (unpaired) electrons.